The molecule has 24 heavy (non-hydrogen) atoms. The van der Waals surface area contributed by atoms with Crippen LogP contribution in [-0.4, -0.2) is 53.9 Å². The number of halogens is 1. The molecule has 0 heterocycles. The van der Waals surface area contributed by atoms with Crippen LogP contribution in [0.1, 0.15) is 16.8 Å². The first-order chi connectivity index (χ1) is 10.9. The lowest BCUT2D eigenvalue weighted by atomic mass is 10.1. The standard InChI is InChI=1S/C13H16ClNO7S2/c1-22-13(17)11(6-7-23(2,18)19)15-12(16)9-4-3-5-10(8-9)24(14,20)21/h3-5,8,11H,6-7H2,1-2H3,(H,15,16)/t11-/m0/s1. The number of benzene rings is 1. The highest BCUT2D eigenvalue weighted by molar-refractivity contribution is 8.13. The lowest BCUT2D eigenvalue weighted by Gasteiger charge is -2.16. The Bertz CT molecular complexity index is 834. The summed E-state index contributed by atoms with van der Waals surface area (Å²) >= 11 is 0. The minimum Gasteiger partial charge on any atom is -0.467 e. The van der Waals surface area contributed by atoms with Gasteiger partial charge in [-0.05, 0) is 24.6 Å². The molecule has 0 bridgehead atoms. The summed E-state index contributed by atoms with van der Waals surface area (Å²) in [6, 6.07) is 3.71. The van der Waals surface area contributed by atoms with Gasteiger partial charge in [-0.1, -0.05) is 6.07 Å². The number of ether oxygens (including phenoxy) is 1. The maximum absolute atomic E-state index is 12.2. The molecule has 1 N–H and O–H groups in total. The van der Waals surface area contributed by atoms with E-state index >= 15 is 0 Å². The predicted octanol–water partition coefficient (Wildman–Crippen LogP) is 0.320. The van der Waals surface area contributed by atoms with Gasteiger partial charge in [0.2, 0.25) is 0 Å². The Kier molecular flexibility index (Phi) is 6.76. The zero-order valence-corrected chi connectivity index (χ0v) is 15.2. The fraction of sp³-hybridized carbons (Fsp3) is 0.385. The molecule has 1 amide bonds. The van der Waals surface area contributed by atoms with Crippen LogP contribution < -0.4 is 5.32 Å². The Morgan fingerprint density at radius 1 is 1.25 bits per heavy atom. The Balaban J connectivity index is 2.98. The van der Waals surface area contributed by atoms with Crippen molar-refractivity contribution in [3.63, 3.8) is 0 Å². The third-order valence-corrected chi connectivity index (χ3v) is 5.27. The predicted molar refractivity (Wildman–Crippen MR) is 87.1 cm³/mol. The van der Waals surface area contributed by atoms with Crippen LogP contribution in [0.25, 0.3) is 0 Å². The van der Waals surface area contributed by atoms with Gasteiger partial charge in [-0.15, -0.1) is 0 Å². The Labute approximate surface area is 144 Å². The van der Waals surface area contributed by atoms with Crippen LogP contribution in [0.4, 0.5) is 0 Å². The van der Waals surface area contributed by atoms with Gasteiger partial charge in [0.1, 0.15) is 15.9 Å². The first kappa shape index (κ1) is 20.4. The Morgan fingerprint density at radius 3 is 2.38 bits per heavy atom. The Morgan fingerprint density at radius 2 is 1.88 bits per heavy atom. The monoisotopic (exact) mass is 397 g/mol. The number of methoxy groups -OCH3 is 1. The molecule has 0 unspecified atom stereocenters. The molecule has 134 valence electrons. The van der Waals surface area contributed by atoms with E-state index in [9.17, 15) is 26.4 Å². The average molecular weight is 398 g/mol. The van der Waals surface area contributed by atoms with Crippen LogP contribution >= 0.6 is 10.7 Å². The van der Waals surface area contributed by atoms with Crippen LogP contribution in [0.3, 0.4) is 0 Å². The number of esters is 1. The Hall–Kier alpha value is -1.65. The molecule has 0 saturated carbocycles. The van der Waals surface area contributed by atoms with E-state index in [2.05, 4.69) is 10.1 Å². The zero-order chi connectivity index (χ0) is 18.5. The summed E-state index contributed by atoms with van der Waals surface area (Å²) in [6.45, 7) is 0. The lowest BCUT2D eigenvalue weighted by molar-refractivity contribution is -0.142. The molecule has 11 heteroatoms. The summed E-state index contributed by atoms with van der Waals surface area (Å²) in [5.74, 6) is -1.91. The van der Waals surface area contributed by atoms with Gasteiger partial charge >= 0.3 is 5.97 Å². The molecule has 1 aromatic rings. The summed E-state index contributed by atoms with van der Waals surface area (Å²) in [4.78, 5) is 23.6. The second kappa shape index (κ2) is 7.95. The maximum Gasteiger partial charge on any atom is 0.328 e. The first-order valence-corrected chi connectivity index (χ1v) is 10.9. The molecule has 8 nitrogen and oxygen atoms in total. The van der Waals surface area contributed by atoms with E-state index in [4.69, 9.17) is 10.7 Å². The zero-order valence-electron chi connectivity index (χ0n) is 12.9. The number of amides is 1. The first-order valence-electron chi connectivity index (χ1n) is 6.55. The van der Waals surface area contributed by atoms with Crippen LogP contribution in [0.5, 0.6) is 0 Å². The van der Waals surface area contributed by atoms with Crippen LogP contribution in [0.15, 0.2) is 29.2 Å². The summed E-state index contributed by atoms with van der Waals surface area (Å²) in [5, 5.41) is 2.32. The van der Waals surface area contributed by atoms with E-state index in [0.29, 0.717) is 0 Å². The van der Waals surface area contributed by atoms with Gasteiger partial charge in [-0.25, -0.2) is 21.6 Å². The van der Waals surface area contributed by atoms with Crippen molar-refractivity contribution < 1.29 is 31.2 Å². The molecule has 0 aliphatic carbocycles. The van der Waals surface area contributed by atoms with E-state index < -0.39 is 36.8 Å². The van der Waals surface area contributed by atoms with Crippen LogP contribution in [0, 0.1) is 0 Å². The summed E-state index contributed by atoms with van der Waals surface area (Å²) in [6.07, 6.45) is 0.822. The molecule has 0 aliphatic heterocycles. The molecule has 0 saturated heterocycles. The van der Waals surface area contributed by atoms with E-state index in [1.807, 2.05) is 0 Å². The van der Waals surface area contributed by atoms with Crippen LogP contribution in [0.2, 0.25) is 0 Å². The molecule has 0 radical (unpaired) electrons. The van der Waals surface area contributed by atoms with E-state index in [1.54, 1.807) is 0 Å². The average Bonchev–Trinajstić information content (AvgIpc) is 2.48. The maximum atomic E-state index is 12.2. The summed E-state index contributed by atoms with van der Waals surface area (Å²) < 4.78 is 49.5. The topological polar surface area (TPSA) is 124 Å². The van der Waals surface area contributed by atoms with Crippen molar-refractivity contribution in [1.82, 2.24) is 5.32 Å². The number of hydrogen-bond acceptors (Lipinski definition) is 7. The molecule has 0 aliphatic rings. The van der Waals surface area contributed by atoms with Gasteiger partial charge in [-0.3, -0.25) is 4.79 Å². The highest BCUT2D eigenvalue weighted by atomic mass is 35.7. The molecular weight excluding hydrogens is 382 g/mol. The SMILES string of the molecule is COC(=O)[C@H](CCS(C)(=O)=O)NC(=O)c1cccc(S(=O)(=O)Cl)c1. The molecule has 1 rings (SSSR count). The molecule has 1 atom stereocenters. The minimum atomic E-state index is -4.02. The van der Waals surface area contributed by atoms with E-state index in [1.165, 1.54) is 18.2 Å². The van der Waals surface area contributed by atoms with Crippen molar-refractivity contribution in [2.45, 2.75) is 17.4 Å². The fourth-order valence-corrected chi connectivity index (χ4v) is 3.21. The highest BCUT2D eigenvalue weighted by Crippen LogP contribution is 2.16. The van der Waals surface area contributed by atoms with Crippen molar-refractivity contribution in [2.75, 3.05) is 19.1 Å². The van der Waals surface area contributed by atoms with Crippen molar-refractivity contribution >= 4 is 41.4 Å². The second-order valence-electron chi connectivity index (χ2n) is 4.93. The smallest absolute Gasteiger partial charge is 0.328 e. The van der Waals surface area contributed by atoms with E-state index in [-0.39, 0.29) is 22.6 Å². The summed E-state index contributed by atoms with van der Waals surface area (Å²) in [7, 11) is -1.05. The molecule has 1 aromatic carbocycles. The number of carbonyl (C=O) groups excluding carboxylic acids is 2. The highest BCUT2D eigenvalue weighted by Gasteiger charge is 2.24. The quantitative estimate of drug-likeness (QED) is 0.519. The number of nitrogens with one attached hydrogen (secondary N) is 1. The van der Waals surface area contributed by atoms with Gasteiger partial charge < -0.3 is 10.1 Å². The van der Waals surface area contributed by atoms with Crippen molar-refractivity contribution in [3.8, 4) is 0 Å². The van der Waals surface area contributed by atoms with Crippen molar-refractivity contribution in [1.29, 1.82) is 0 Å². The van der Waals surface area contributed by atoms with Gasteiger partial charge in [0.05, 0.1) is 17.8 Å². The largest absolute Gasteiger partial charge is 0.467 e. The van der Waals surface area contributed by atoms with Gasteiger partial charge in [-0.2, -0.15) is 0 Å². The van der Waals surface area contributed by atoms with E-state index in [0.717, 1.165) is 19.4 Å². The van der Waals surface area contributed by atoms with Crippen molar-refractivity contribution in [2.24, 2.45) is 0 Å². The third-order valence-electron chi connectivity index (χ3n) is 2.95. The number of rotatable bonds is 7. The minimum absolute atomic E-state index is 0.0509. The molecule has 0 aromatic heterocycles. The number of sulfone groups is 1. The molecule has 0 spiro atoms. The molecule has 0 fully saturated rings. The van der Waals surface area contributed by atoms with Gasteiger partial charge in [0.25, 0.3) is 15.0 Å². The normalized spacial score (nSPS) is 13.1. The van der Waals surface area contributed by atoms with Crippen molar-refractivity contribution in [3.05, 3.63) is 29.8 Å². The number of carbonyl (C=O) groups is 2. The lowest BCUT2D eigenvalue weighted by Crippen LogP contribution is -2.42. The molecular formula is C13H16ClNO7S2. The van der Waals surface area contributed by atoms with Gasteiger partial charge in [0.15, 0.2) is 0 Å². The van der Waals surface area contributed by atoms with Gasteiger partial charge in [0, 0.05) is 22.5 Å². The fourth-order valence-electron chi connectivity index (χ4n) is 1.75. The number of hydrogen-bond donors (Lipinski definition) is 1. The second-order valence-corrected chi connectivity index (χ2v) is 9.76. The van der Waals surface area contributed by atoms with Crippen LogP contribution in [-0.2, 0) is 28.4 Å². The third kappa shape index (κ3) is 6.46. The summed E-state index contributed by atoms with van der Waals surface area (Å²) in [5.41, 5.74) is -0.0509.